The Morgan fingerprint density at radius 3 is 1.97 bits per heavy atom. The lowest BCUT2D eigenvalue weighted by atomic mass is 10.1. The lowest BCUT2D eigenvalue weighted by Gasteiger charge is -2.11. The maximum atomic E-state index is 12.2. The summed E-state index contributed by atoms with van der Waals surface area (Å²) in [5.41, 5.74) is 4.23. The zero-order valence-corrected chi connectivity index (χ0v) is 18.3. The molecular formula is C25H25ClN2O3. The number of ether oxygens (including phenoxy) is 1. The first-order valence-electron chi connectivity index (χ1n) is 10.0. The minimum atomic E-state index is -0.273. The molecule has 0 aliphatic rings. The molecule has 5 nitrogen and oxygen atoms in total. The normalized spacial score (nSPS) is 10.4. The van der Waals surface area contributed by atoms with Gasteiger partial charge in [-0.15, -0.1) is 0 Å². The summed E-state index contributed by atoms with van der Waals surface area (Å²) in [6.07, 6.45) is 1.09. The molecule has 3 rings (SSSR count). The van der Waals surface area contributed by atoms with Crippen LogP contribution in [0.2, 0.25) is 5.02 Å². The van der Waals surface area contributed by atoms with Crippen LogP contribution in [0.25, 0.3) is 0 Å². The van der Waals surface area contributed by atoms with Crippen molar-refractivity contribution in [3.8, 4) is 5.75 Å². The van der Waals surface area contributed by atoms with Gasteiger partial charge < -0.3 is 15.4 Å². The van der Waals surface area contributed by atoms with Crippen LogP contribution < -0.4 is 15.4 Å². The third-order valence-electron chi connectivity index (χ3n) is 4.72. The molecule has 160 valence electrons. The number of benzene rings is 3. The zero-order chi connectivity index (χ0) is 22.2. The van der Waals surface area contributed by atoms with Crippen LogP contribution in [-0.4, -0.2) is 18.4 Å². The first-order chi connectivity index (χ1) is 14.9. The predicted molar refractivity (Wildman–Crippen MR) is 125 cm³/mol. The Kier molecular flexibility index (Phi) is 7.68. The largest absolute Gasteiger partial charge is 0.484 e. The molecule has 0 bridgehead atoms. The van der Waals surface area contributed by atoms with Gasteiger partial charge in [0.05, 0.1) is 0 Å². The molecule has 0 atom stereocenters. The quantitative estimate of drug-likeness (QED) is 0.486. The van der Waals surface area contributed by atoms with Crippen LogP contribution in [0, 0.1) is 13.8 Å². The molecule has 0 saturated heterocycles. The van der Waals surface area contributed by atoms with E-state index < -0.39 is 0 Å². The monoisotopic (exact) mass is 436 g/mol. The summed E-state index contributed by atoms with van der Waals surface area (Å²) in [7, 11) is 0. The van der Waals surface area contributed by atoms with Gasteiger partial charge in [-0.1, -0.05) is 41.9 Å². The molecule has 0 heterocycles. The van der Waals surface area contributed by atoms with Gasteiger partial charge in [0.25, 0.3) is 5.91 Å². The SMILES string of the molecule is Cc1cc(OCC(=O)Nc2ccc(NC(=O)CCc3ccccc3)cc2)cc(C)c1Cl. The van der Waals surface area contributed by atoms with Gasteiger partial charge in [0.1, 0.15) is 5.75 Å². The maximum Gasteiger partial charge on any atom is 0.262 e. The molecule has 6 heteroatoms. The summed E-state index contributed by atoms with van der Waals surface area (Å²) in [4.78, 5) is 24.3. The minimum absolute atomic E-state index is 0.0532. The molecule has 0 fully saturated rings. The highest BCUT2D eigenvalue weighted by Gasteiger charge is 2.08. The molecule has 0 saturated carbocycles. The predicted octanol–water partition coefficient (Wildman–Crippen LogP) is 5.55. The van der Waals surface area contributed by atoms with E-state index in [4.69, 9.17) is 16.3 Å². The summed E-state index contributed by atoms with van der Waals surface area (Å²) < 4.78 is 5.57. The van der Waals surface area contributed by atoms with Crippen LogP contribution in [-0.2, 0) is 16.0 Å². The first kappa shape index (κ1) is 22.4. The standard InChI is InChI=1S/C25H25ClN2O3/c1-17-14-22(15-18(2)25(17)26)31-16-24(30)28-21-11-9-20(10-12-21)27-23(29)13-8-19-6-4-3-5-7-19/h3-7,9-12,14-15H,8,13,16H2,1-2H3,(H,27,29)(H,28,30). The molecule has 2 amide bonds. The number of carbonyl (C=O) groups excluding carboxylic acids is 2. The topological polar surface area (TPSA) is 67.4 Å². The molecule has 2 N–H and O–H groups in total. The van der Waals surface area contributed by atoms with E-state index in [9.17, 15) is 9.59 Å². The van der Waals surface area contributed by atoms with Crippen molar-refractivity contribution in [3.05, 3.63) is 88.4 Å². The third-order valence-corrected chi connectivity index (χ3v) is 5.31. The Balaban J connectivity index is 1.45. The van der Waals surface area contributed by atoms with Crippen LogP contribution in [0.5, 0.6) is 5.75 Å². The molecule has 0 spiro atoms. The van der Waals surface area contributed by atoms with E-state index in [0.29, 0.717) is 35.0 Å². The second kappa shape index (κ2) is 10.6. The molecule has 0 unspecified atom stereocenters. The molecule has 0 aliphatic heterocycles. The second-order valence-corrected chi connectivity index (χ2v) is 7.70. The van der Waals surface area contributed by atoms with E-state index in [1.165, 1.54) is 0 Å². The van der Waals surface area contributed by atoms with E-state index >= 15 is 0 Å². The number of halogens is 1. The average molecular weight is 437 g/mol. The van der Waals surface area contributed by atoms with Crippen molar-refractivity contribution in [1.29, 1.82) is 0 Å². The molecule has 0 aliphatic carbocycles. The molecular weight excluding hydrogens is 412 g/mol. The van der Waals surface area contributed by atoms with Crippen molar-refractivity contribution >= 4 is 34.8 Å². The van der Waals surface area contributed by atoms with E-state index in [0.717, 1.165) is 16.7 Å². The highest BCUT2D eigenvalue weighted by atomic mass is 35.5. The van der Waals surface area contributed by atoms with E-state index in [2.05, 4.69) is 10.6 Å². The van der Waals surface area contributed by atoms with Crippen molar-refractivity contribution < 1.29 is 14.3 Å². The number of carbonyl (C=O) groups is 2. The molecule has 0 radical (unpaired) electrons. The highest BCUT2D eigenvalue weighted by Crippen LogP contribution is 2.25. The van der Waals surface area contributed by atoms with Crippen molar-refractivity contribution in [2.45, 2.75) is 26.7 Å². The van der Waals surface area contributed by atoms with E-state index in [1.807, 2.05) is 44.2 Å². The summed E-state index contributed by atoms with van der Waals surface area (Å²) in [5, 5.41) is 6.34. The third kappa shape index (κ3) is 6.86. The number of aryl methyl sites for hydroxylation is 3. The Hall–Kier alpha value is -3.31. The van der Waals surface area contributed by atoms with Crippen molar-refractivity contribution in [2.24, 2.45) is 0 Å². The van der Waals surface area contributed by atoms with Gasteiger partial charge in [-0.25, -0.2) is 0 Å². The fraction of sp³-hybridized carbons (Fsp3) is 0.200. The van der Waals surface area contributed by atoms with Gasteiger partial charge in [0, 0.05) is 22.8 Å². The molecule has 0 aromatic heterocycles. The zero-order valence-electron chi connectivity index (χ0n) is 17.6. The van der Waals surface area contributed by atoms with Crippen LogP contribution >= 0.6 is 11.6 Å². The average Bonchev–Trinajstić information content (AvgIpc) is 2.76. The number of amides is 2. The maximum absolute atomic E-state index is 12.2. The highest BCUT2D eigenvalue weighted by molar-refractivity contribution is 6.32. The summed E-state index contributed by atoms with van der Waals surface area (Å²) in [5.74, 6) is 0.274. The van der Waals surface area contributed by atoms with Gasteiger partial charge >= 0.3 is 0 Å². The second-order valence-electron chi connectivity index (χ2n) is 7.32. The van der Waals surface area contributed by atoms with Crippen molar-refractivity contribution in [1.82, 2.24) is 0 Å². The summed E-state index contributed by atoms with van der Waals surface area (Å²) in [6.45, 7) is 3.67. The number of hydrogen-bond donors (Lipinski definition) is 2. The molecule has 3 aromatic carbocycles. The van der Waals surface area contributed by atoms with Crippen LogP contribution in [0.4, 0.5) is 11.4 Å². The summed E-state index contributed by atoms with van der Waals surface area (Å²) >= 11 is 6.15. The van der Waals surface area contributed by atoms with Crippen molar-refractivity contribution in [3.63, 3.8) is 0 Å². The summed E-state index contributed by atoms with van der Waals surface area (Å²) in [6, 6.07) is 20.5. The van der Waals surface area contributed by atoms with Gasteiger partial charge in [-0.05, 0) is 73.4 Å². The van der Waals surface area contributed by atoms with E-state index in [1.54, 1.807) is 36.4 Å². The number of hydrogen-bond acceptors (Lipinski definition) is 3. The van der Waals surface area contributed by atoms with Crippen LogP contribution in [0.1, 0.15) is 23.1 Å². The Morgan fingerprint density at radius 2 is 1.39 bits per heavy atom. The van der Waals surface area contributed by atoms with Gasteiger partial charge in [0.2, 0.25) is 5.91 Å². The first-order valence-corrected chi connectivity index (χ1v) is 10.4. The number of nitrogens with one attached hydrogen (secondary N) is 2. The fourth-order valence-corrected chi connectivity index (χ4v) is 3.21. The number of rotatable bonds is 8. The lowest BCUT2D eigenvalue weighted by Crippen LogP contribution is -2.20. The minimum Gasteiger partial charge on any atom is -0.484 e. The molecule has 3 aromatic rings. The lowest BCUT2D eigenvalue weighted by molar-refractivity contribution is -0.118. The van der Waals surface area contributed by atoms with Gasteiger partial charge in [-0.3, -0.25) is 9.59 Å². The van der Waals surface area contributed by atoms with Gasteiger partial charge in [0.15, 0.2) is 6.61 Å². The van der Waals surface area contributed by atoms with E-state index in [-0.39, 0.29) is 18.4 Å². The smallest absolute Gasteiger partial charge is 0.262 e. The molecule has 31 heavy (non-hydrogen) atoms. The van der Waals surface area contributed by atoms with Gasteiger partial charge in [-0.2, -0.15) is 0 Å². The van der Waals surface area contributed by atoms with Crippen molar-refractivity contribution in [2.75, 3.05) is 17.2 Å². The number of anilines is 2. The van der Waals surface area contributed by atoms with Crippen LogP contribution in [0.15, 0.2) is 66.7 Å². The Morgan fingerprint density at radius 1 is 0.839 bits per heavy atom. The Bertz CT molecular complexity index is 1030. The Labute approximate surface area is 187 Å². The van der Waals surface area contributed by atoms with Crippen LogP contribution in [0.3, 0.4) is 0 Å². The fourth-order valence-electron chi connectivity index (χ4n) is 3.10.